The summed E-state index contributed by atoms with van der Waals surface area (Å²) in [4.78, 5) is 34.6. The van der Waals surface area contributed by atoms with Crippen LogP contribution in [0.3, 0.4) is 0 Å². The lowest BCUT2D eigenvalue weighted by molar-refractivity contribution is -0.119. The summed E-state index contributed by atoms with van der Waals surface area (Å²) in [5.41, 5.74) is 1.41. The van der Waals surface area contributed by atoms with Crippen LogP contribution in [0.5, 0.6) is 0 Å². The first-order valence-electron chi connectivity index (χ1n) is 7.28. The third-order valence-corrected chi connectivity index (χ3v) is 4.57. The minimum absolute atomic E-state index is 0.211. The molecule has 0 aliphatic carbocycles. The number of rotatable bonds is 3. The number of nitrogens with zero attached hydrogens (tertiary/aromatic N) is 3. The lowest BCUT2D eigenvalue weighted by Crippen LogP contribution is -2.44. The largest absolute Gasteiger partial charge is 0.324 e. The van der Waals surface area contributed by atoms with Crippen molar-refractivity contribution in [2.45, 2.75) is 13.0 Å². The minimum Gasteiger partial charge on any atom is -0.324 e. The van der Waals surface area contributed by atoms with Crippen molar-refractivity contribution in [3.05, 3.63) is 53.9 Å². The number of nitrogens with one attached hydrogen (secondary N) is 1. The molecule has 1 aromatic heterocycles. The molecule has 1 N–H and O–H groups in total. The third-order valence-electron chi connectivity index (χ3n) is 3.56. The number of benzene rings is 1. The van der Waals surface area contributed by atoms with Gasteiger partial charge in [-0.05, 0) is 31.2 Å². The van der Waals surface area contributed by atoms with Crippen LogP contribution in [0, 0.1) is 12.7 Å². The van der Waals surface area contributed by atoms with Gasteiger partial charge in [0.15, 0.2) is 0 Å². The molecule has 8 heteroatoms. The Balaban J connectivity index is 1.72. The van der Waals surface area contributed by atoms with Gasteiger partial charge in [-0.25, -0.2) is 9.37 Å². The van der Waals surface area contributed by atoms with Crippen molar-refractivity contribution in [2.24, 2.45) is 0 Å². The Kier molecular flexibility index (Phi) is 4.75. The van der Waals surface area contributed by atoms with Gasteiger partial charge in [-0.15, -0.1) is 11.8 Å². The summed E-state index contributed by atoms with van der Waals surface area (Å²) in [6.45, 7) is 1.78. The summed E-state index contributed by atoms with van der Waals surface area (Å²) >= 11 is 1.49. The van der Waals surface area contributed by atoms with E-state index < -0.39 is 6.04 Å². The average Bonchev–Trinajstić information content (AvgIpc) is 3.07. The second-order valence-electron chi connectivity index (χ2n) is 5.33. The molecule has 1 aliphatic rings. The normalized spacial score (nSPS) is 16.9. The fourth-order valence-corrected chi connectivity index (χ4v) is 3.42. The molecule has 2 aromatic rings. The van der Waals surface area contributed by atoms with Crippen LogP contribution in [0.15, 0.2) is 36.7 Å². The summed E-state index contributed by atoms with van der Waals surface area (Å²) in [5, 5.41) is 2.71. The van der Waals surface area contributed by atoms with Gasteiger partial charge in [-0.2, -0.15) is 0 Å². The molecule has 0 spiro atoms. The van der Waals surface area contributed by atoms with Gasteiger partial charge in [-0.1, -0.05) is 0 Å². The van der Waals surface area contributed by atoms with Crippen LogP contribution in [0.25, 0.3) is 0 Å². The van der Waals surface area contributed by atoms with E-state index in [1.54, 1.807) is 6.92 Å². The van der Waals surface area contributed by atoms with E-state index in [1.165, 1.54) is 53.3 Å². The highest BCUT2D eigenvalue weighted by atomic mass is 32.2. The molecule has 24 heavy (non-hydrogen) atoms. The van der Waals surface area contributed by atoms with Crippen LogP contribution in [0.4, 0.5) is 10.1 Å². The number of thioether (sulfide) groups is 1. The molecular formula is C16H15FN4O2S. The predicted octanol–water partition coefficient (Wildman–Crippen LogP) is 2.08. The van der Waals surface area contributed by atoms with Crippen molar-refractivity contribution in [2.75, 3.05) is 16.9 Å². The maximum absolute atomic E-state index is 12.9. The van der Waals surface area contributed by atoms with Gasteiger partial charge < -0.3 is 10.2 Å². The predicted molar refractivity (Wildman–Crippen MR) is 89.1 cm³/mol. The molecule has 0 bridgehead atoms. The molecule has 0 saturated carbocycles. The average molecular weight is 346 g/mol. The number of halogens is 1. The van der Waals surface area contributed by atoms with Gasteiger partial charge in [0.05, 0.1) is 17.8 Å². The van der Waals surface area contributed by atoms with E-state index in [4.69, 9.17) is 0 Å². The highest BCUT2D eigenvalue weighted by Crippen LogP contribution is 2.24. The summed E-state index contributed by atoms with van der Waals surface area (Å²) in [5.74, 6) is -0.0977. The van der Waals surface area contributed by atoms with Crippen molar-refractivity contribution >= 4 is 29.3 Å². The molecule has 0 unspecified atom stereocenters. The fourth-order valence-electron chi connectivity index (χ4n) is 2.27. The van der Waals surface area contributed by atoms with Crippen LogP contribution in [-0.4, -0.2) is 44.4 Å². The highest BCUT2D eigenvalue weighted by molar-refractivity contribution is 7.99. The zero-order chi connectivity index (χ0) is 17.1. The van der Waals surface area contributed by atoms with Gasteiger partial charge >= 0.3 is 0 Å². The number of carbonyl (C=O) groups is 2. The van der Waals surface area contributed by atoms with E-state index in [0.29, 0.717) is 23.0 Å². The molecule has 2 heterocycles. The Hall–Kier alpha value is -2.48. The first kappa shape index (κ1) is 16.4. The molecule has 1 atom stereocenters. The first-order valence-corrected chi connectivity index (χ1v) is 8.44. The molecule has 1 aliphatic heterocycles. The van der Waals surface area contributed by atoms with Crippen LogP contribution in [0.2, 0.25) is 0 Å². The van der Waals surface area contributed by atoms with E-state index in [0.717, 1.165) is 0 Å². The molecule has 124 valence electrons. The number of aromatic nitrogens is 2. The second kappa shape index (κ2) is 6.96. The van der Waals surface area contributed by atoms with Gasteiger partial charge in [0.25, 0.3) is 5.91 Å². The number of anilines is 1. The number of hydrogen-bond donors (Lipinski definition) is 1. The van der Waals surface area contributed by atoms with Crippen molar-refractivity contribution in [3.8, 4) is 0 Å². The van der Waals surface area contributed by atoms with Crippen molar-refractivity contribution in [3.63, 3.8) is 0 Å². The highest BCUT2D eigenvalue weighted by Gasteiger charge is 2.35. The second-order valence-corrected chi connectivity index (χ2v) is 6.33. The molecule has 3 rings (SSSR count). The van der Waals surface area contributed by atoms with E-state index >= 15 is 0 Å². The van der Waals surface area contributed by atoms with E-state index in [1.807, 2.05) is 0 Å². The Labute approximate surface area is 142 Å². The summed E-state index contributed by atoms with van der Waals surface area (Å²) in [6, 6.07) is 4.89. The van der Waals surface area contributed by atoms with Crippen LogP contribution in [-0.2, 0) is 4.79 Å². The quantitative estimate of drug-likeness (QED) is 0.921. The number of aryl methyl sites for hydroxylation is 1. The number of hydrogen-bond acceptors (Lipinski definition) is 5. The molecule has 2 amide bonds. The number of amides is 2. The van der Waals surface area contributed by atoms with E-state index in [-0.39, 0.29) is 23.3 Å². The maximum Gasteiger partial charge on any atom is 0.275 e. The Morgan fingerprint density at radius 1 is 1.25 bits per heavy atom. The molecule has 1 saturated heterocycles. The van der Waals surface area contributed by atoms with Crippen LogP contribution >= 0.6 is 11.8 Å². The zero-order valence-corrected chi connectivity index (χ0v) is 13.7. The van der Waals surface area contributed by atoms with Gasteiger partial charge in [0.1, 0.15) is 17.6 Å². The molecule has 6 nitrogen and oxygen atoms in total. The summed E-state index contributed by atoms with van der Waals surface area (Å²) in [6.07, 6.45) is 2.93. The van der Waals surface area contributed by atoms with Crippen molar-refractivity contribution in [1.29, 1.82) is 0 Å². The molecular weight excluding hydrogens is 331 g/mol. The smallest absolute Gasteiger partial charge is 0.275 e. The summed E-state index contributed by atoms with van der Waals surface area (Å²) < 4.78 is 12.9. The minimum atomic E-state index is -0.601. The van der Waals surface area contributed by atoms with Crippen molar-refractivity contribution in [1.82, 2.24) is 14.9 Å². The van der Waals surface area contributed by atoms with E-state index in [9.17, 15) is 14.0 Å². The fraction of sp³-hybridized carbons (Fsp3) is 0.250. The number of carbonyl (C=O) groups excluding carboxylic acids is 2. The van der Waals surface area contributed by atoms with Gasteiger partial charge in [0, 0.05) is 17.6 Å². The monoisotopic (exact) mass is 346 g/mol. The van der Waals surface area contributed by atoms with Gasteiger partial charge in [-0.3, -0.25) is 14.6 Å². The van der Waals surface area contributed by atoms with Crippen molar-refractivity contribution < 1.29 is 14.0 Å². The first-order chi connectivity index (χ1) is 11.5. The molecule has 0 radical (unpaired) electrons. The van der Waals surface area contributed by atoms with Gasteiger partial charge in [0.2, 0.25) is 5.91 Å². The maximum atomic E-state index is 12.9. The molecule has 1 fully saturated rings. The zero-order valence-electron chi connectivity index (χ0n) is 12.9. The SMILES string of the molecule is Cc1cnc(C(=O)N2CSC[C@H]2C(=O)Nc2ccc(F)cc2)cn1. The third kappa shape index (κ3) is 3.53. The standard InChI is InChI=1S/C16H15FN4O2S/c1-10-6-19-13(7-18-10)16(23)21-9-24-8-14(21)15(22)20-12-4-2-11(17)3-5-12/h2-7,14H,8-9H2,1H3,(H,20,22)/t14-/m0/s1. The lowest BCUT2D eigenvalue weighted by Gasteiger charge is -2.22. The Bertz CT molecular complexity index is 752. The molecule has 1 aromatic carbocycles. The topological polar surface area (TPSA) is 75.2 Å². The van der Waals surface area contributed by atoms with Crippen LogP contribution in [0.1, 0.15) is 16.2 Å². The van der Waals surface area contributed by atoms with Crippen LogP contribution < -0.4 is 5.32 Å². The Morgan fingerprint density at radius 3 is 2.67 bits per heavy atom. The summed E-state index contributed by atoms with van der Waals surface area (Å²) in [7, 11) is 0. The van der Waals surface area contributed by atoms with E-state index in [2.05, 4.69) is 15.3 Å². The lowest BCUT2D eigenvalue weighted by atomic mass is 10.2. The Morgan fingerprint density at radius 2 is 2.00 bits per heavy atom.